The summed E-state index contributed by atoms with van der Waals surface area (Å²) in [5, 5.41) is 34.1. The topological polar surface area (TPSA) is 170 Å². The molecular formula is C48H73ClO14. The first-order valence-corrected chi connectivity index (χ1v) is 23.7. The summed E-state index contributed by atoms with van der Waals surface area (Å²) in [5.41, 5.74) is 0.0968. The zero-order valence-electron chi connectivity index (χ0n) is 38.7. The molecule has 2 unspecified atom stereocenters. The van der Waals surface area contributed by atoms with Gasteiger partial charge in [0.15, 0.2) is 18.4 Å². The highest BCUT2D eigenvalue weighted by molar-refractivity contribution is 6.20. The number of esters is 1. The van der Waals surface area contributed by atoms with Gasteiger partial charge in [-0.05, 0) is 62.7 Å². The van der Waals surface area contributed by atoms with Gasteiger partial charge in [-0.15, -0.1) is 11.6 Å². The van der Waals surface area contributed by atoms with Crippen molar-refractivity contribution in [1.82, 2.24) is 0 Å². The van der Waals surface area contributed by atoms with Crippen LogP contribution in [0.15, 0.2) is 47.1 Å². The predicted octanol–water partition coefficient (Wildman–Crippen LogP) is 5.82. The fourth-order valence-corrected chi connectivity index (χ4v) is 11.3. The summed E-state index contributed by atoms with van der Waals surface area (Å²) < 4.78 is 63.9. The highest BCUT2D eigenvalue weighted by atomic mass is 35.5. The maximum Gasteiger partial charge on any atom is 0.316 e. The Hall–Kier alpha value is -1.76. The lowest BCUT2D eigenvalue weighted by Crippen LogP contribution is -2.59. The van der Waals surface area contributed by atoms with Crippen molar-refractivity contribution < 1.29 is 67.5 Å². The van der Waals surface area contributed by atoms with Crippen molar-refractivity contribution in [3.8, 4) is 0 Å². The molecule has 6 heterocycles. The van der Waals surface area contributed by atoms with Crippen LogP contribution < -0.4 is 0 Å². The summed E-state index contributed by atoms with van der Waals surface area (Å²) in [7, 11) is 3.21. The lowest BCUT2D eigenvalue weighted by atomic mass is 9.71. The van der Waals surface area contributed by atoms with Crippen LogP contribution in [0.4, 0.5) is 0 Å². The summed E-state index contributed by atoms with van der Waals surface area (Å²) in [6.07, 6.45) is 4.55. The second kappa shape index (κ2) is 20.2. The molecule has 0 aromatic rings. The van der Waals surface area contributed by atoms with Crippen LogP contribution in [0.25, 0.3) is 0 Å². The number of ether oxygens (including phenoxy) is 10. The van der Waals surface area contributed by atoms with Crippen molar-refractivity contribution in [1.29, 1.82) is 0 Å². The molecule has 0 aromatic heterocycles. The lowest BCUT2D eigenvalue weighted by molar-refractivity contribution is -0.339. The van der Waals surface area contributed by atoms with Crippen LogP contribution >= 0.6 is 11.6 Å². The van der Waals surface area contributed by atoms with E-state index < -0.39 is 103 Å². The molecule has 3 N–H and O–H groups in total. The Morgan fingerprint density at radius 2 is 1.62 bits per heavy atom. The molecular weight excluding hydrogens is 836 g/mol. The van der Waals surface area contributed by atoms with Gasteiger partial charge in [-0.2, -0.15) is 0 Å². The third kappa shape index (κ3) is 10.1. The minimum Gasteiger partial charge on any atom is -0.462 e. The molecule has 2 bridgehead atoms. The number of hydrogen-bond acceptors (Lipinski definition) is 14. The van der Waals surface area contributed by atoms with Crippen molar-refractivity contribution in [2.75, 3.05) is 20.8 Å². The van der Waals surface area contributed by atoms with E-state index in [0.717, 1.165) is 12.0 Å². The number of halogens is 1. The highest BCUT2D eigenvalue weighted by Gasteiger charge is 2.60. The first-order chi connectivity index (χ1) is 29.9. The molecule has 14 nitrogen and oxygen atoms in total. The minimum atomic E-state index is -1.85. The van der Waals surface area contributed by atoms with E-state index in [1.165, 1.54) is 0 Å². The number of fused-ring (bicyclic) bond motifs is 2. The molecule has 0 saturated carbocycles. The third-order valence-corrected chi connectivity index (χ3v) is 15.5. The molecule has 1 spiro atoms. The smallest absolute Gasteiger partial charge is 0.316 e. The Bertz CT molecular complexity index is 1720. The van der Waals surface area contributed by atoms with E-state index in [0.29, 0.717) is 43.3 Å². The van der Waals surface area contributed by atoms with Gasteiger partial charge in [0.1, 0.15) is 42.0 Å². The van der Waals surface area contributed by atoms with Crippen LogP contribution in [-0.2, 0) is 52.2 Å². The average Bonchev–Trinajstić information content (AvgIpc) is 3.59. The van der Waals surface area contributed by atoms with E-state index in [9.17, 15) is 20.1 Å². The Kier molecular flexibility index (Phi) is 15.8. The molecule has 6 aliphatic heterocycles. The normalized spacial score (nSPS) is 50.0. The number of aliphatic hydroxyl groups excluding tert-OH is 2. The Balaban J connectivity index is 1.19. The highest BCUT2D eigenvalue weighted by Crippen LogP contribution is 2.49. The van der Waals surface area contributed by atoms with Crippen molar-refractivity contribution in [3.63, 3.8) is 0 Å². The van der Waals surface area contributed by atoms with E-state index in [1.54, 1.807) is 40.2 Å². The van der Waals surface area contributed by atoms with Crippen molar-refractivity contribution >= 4 is 17.6 Å². The van der Waals surface area contributed by atoms with Gasteiger partial charge in [-0.1, -0.05) is 64.5 Å². The van der Waals surface area contributed by atoms with E-state index in [1.807, 2.05) is 26.0 Å². The van der Waals surface area contributed by atoms with Gasteiger partial charge in [-0.25, -0.2) is 0 Å². The number of carbonyl (C=O) groups is 1. The first kappa shape index (κ1) is 49.2. The minimum absolute atomic E-state index is 0.0241. The zero-order valence-corrected chi connectivity index (χ0v) is 39.5. The van der Waals surface area contributed by atoms with Crippen LogP contribution in [0.2, 0.25) is 0 Å². The number of methoxy groups -OCH3 is 2. The Morgan fingerprint density at radius 3 is 2.33 bits per heavy atom. The number of hydrogen-bond donors (Lipinski definition) is 3. The molecule has 7 aliphatic rings. The van der Waals surface area contributed by atoms with Crippen molar-refractivity contribution in [3.05, 3.63) is 47.1 Å². The quantitative estimate of drug-likeness (QED) is 0.151. The van der Waals surface area contributed by atoms with Crippen LogP contribution in [0.1, 0.15) is 100 Å². The molecule has 7 rings (SSSR count). The van der Waals surface area contributed by atoms with Crippen LogP contribution in [0.5, 0.6) is 0 Å². The number of carbonyl (C=O) groups excluding carboxylic acids is 1. The summed E-state index contributed by atoms with van der Waals surface area (Å²) >= 11 is 7.13. The predicted molar refractivity (Wildman–Crippen MR) is 232 cm³/mol. The van der Waals surface area contributed by atoms with E-state index in [2.05, 4.69) is 33.8 Å². The molecule has 63 heavy (non-hydrogen) atoms. The Morgan fingerprint density at radius 1 is 0.921 bits per heavy atom. The van der Waals surface area contributed by atoms with Gasteiger partial charge in [0, 0.05) is 57.6 Å². The monoisotopic (exact) mass is 908 g/mol. The van der Waals surface area contributed by atoms with Crippen molar-refractivity contribution in [2.24, 2.45) is 23.7 Å². The molecule has 0 aromatic carbocycles. The van der Waals surface area contributed by atoms with E-state index in [4.69, 9.17) is 59.0 Å². The SMILES string of the molecule is CCC(C)[C@H]1O[C@]2(CC(Cl)[C@@H]1C)C[C@@H]1C[C@@H](C/C=C(\C)[C@@H](O[C@H]3C[C@H](OC)[C@@H](O[C@H]4C[C@@H](OC)[C@H](O)[C@@H](C)O4)[C@H](C)O3)[C@@H](C)/C=C/C=C3\CO[C@@H]4[C@H](O)C(C)=C[C@@H](C(=O)O1)[C@]34O)O2. The van der Waals surface area contributed by atoms with Gasteiger partial charge >= 0.3 is 5.97 Å². The molecule has 1 aliphatic carbocycles. The summed E-state index contributed by atoms with van der Waals surface area (Å²) in [4.78, 5) is 14.4. The van der Waals surface area contributed by atoms with Crippen LogP contribution in [-0.4, -0.2) is 145 Å². The number of rotatable bonds is 8. The van der Waals surface area contributed by atoms with Gasteiger partial charge in [0.05, 0.1) is 49.3 Å². The third-order valence-electron chi connectivity index (χ3n) is 15.0. The van der Waals surface area contributed by atoms with Gasteiger partial charge < -0.3 is 62.7 Å². The number of aliphatic hydroxyl groups is 3. The van der Waals surface area contributed by atoms with E-state index in [-0.39, 0.29) is 42.3 Å². The van der Waals surface area contributed by atoms with Crippen molar-refractivity contribution in [2.45, 2.75) is 203 Å². The summed E-state index contributed by atoms with van der Waals surface area (Å²) in [6, 6.07) is 0. The molecule has 15 heteroatoms. The maximum absolute atomic E-state index is 14.4. The summed E-state index contributed by atoms with van der Waals surface area (Å²) in [6.45, 7) is 16.0. The van der Waals surface area contributed by atoms with Gasteiger partial charge in [0.2, 0.25) is 0 Å². The van der Waals surface area contributed by atoms with E-state index >= 15 is 0 Å². The molecule has 0 amide bonds. The van der Waals surface area contributed by atoms with Crippen LogP contribution in [0.3, 0.4) is 0 Å². The average molecular weight is 910 g/mol. The fourth-order valence-electron chi connectivity index (χ4n) is 10.9. The number of allylic oxidation sites excluding steroid dienone is 2. The second-order valence-corrected chi connectivity index (χ2v) is 20.0. The number of alkyl halides is 1. The molecule has 5 fully saturated rings. The summed E-state index contributed by atoms with van der Waals surface area (Å²) in [5.74, 6) is -2.71. The standard InChI is InChI=1S/C48H73ClO14/c1-11-24(2)43-28(6)35(49)22-47(63-43)21-33-18-32(62-47)16-15-26(4)42(25(3)13-12-14-31-23-56-45-40(50)27(5)17-34(46(52)59-33)48(31,45)53)60-39-20-37(55-10)44(30(8)58-39)61-38-19-36(54-9)41(51)29(7)57-38/h12-15,17,24-25,28-30,32-45,50-51,53H,11,16,18-23H2,1-10H3/b13-12+,26-15+,31-14+/t24?,25-,28-,29+,30-,32+,33-,34-,35?,36+,37-,38-,39-,40+,41+,42-,43+,44-,45+,47-,48+/m0/s1. The van der Waals surface area contributed by atoms with Crippen LogP contribution in [0, 0.1) is 23.7 Å². The van der Waals surface area contributed by atoms with Gasteiger partial charge in [-0.3, -0.25) is 4.79 Å². The molecule has 5 saturated heterocycles. The maximum atomic E-state index is 14.4. The molecule has 0 radical (unpaired) electrons. The molecule has 21 atom stereocenters. The van der Waals surface area contributed by atoms with Gasteiger partial charge in [0.25, 0.3) is 0 Å². The fraction of sp³-hybridized carbons (Fsp3) is 0.812. The largest absolute Gasteiger partial charge is 0.462 e. The zero-order chi connectivity index (χ0) is 45.5. The molecule has 356 valence electrons. The Labute approximate surface area is 378 Å². The lowest BCUT2D eigenvalue weighted by Gasteiger charge is -2.52. The second-order valence-electron chi connectivity index (χ2n) is 19.4. The first-order valence-electron chi connectivity index (χ1n) is 23.2.